The Morgan fingerprint density at radius 3 is 2.71 bits per heavy atom. The molecular weight excluding hydrogens is 294 g/mol. The van der Waals surface area contributed by atoms with Crippen molar-refractivity contribution in [3.63, 3.8) is 0 Å². The first-order chi connectivity index (χ1) is 9.90. The molecule has 3 fully saturated rings. The lowest BCUT2D eigenvalue weighted by Gasteiger charge is -2.46. The molecular formula is C13H19N3O4S. The van der Waals surface area contributed by atoms with Crippen LogP contribution in [-0.4, -0.2) is 58.2 Å². The largest absolute Gasteiger partial charge is 0.381 e. The molecule has 0 aromatic carbocycles. The van der Waals surface area contributed by atoms with Crippen LogP contribution < -0.4 is 0 Å². The number of ether oxygens (including phenoxy) is 1. The standard InChI is InChI=1S/C13H19N3O4S/c1-15-12(4-5-14-15)13(17)7-16(8-13)21(18,19)11-6-9-2-3-10(11)20-9/h4-5,9-11,17H,2-3,6-8H2,1H3. The molecule has 1 N–H and O–H groups in total. The van der Waals surface area contributed by atoms with Crippen molar-refractivity contribution in [1.29, 1.82) is 0 Å². The molecule has 21 heavy (non-hydrogen) atoms. The van der Waals surface area contributed by atoms with Gasteiger partial charge in [-0.25, -0.2) is 8.42 Å². The second-order valence-electron chi connectivity index (χ2n) is 6.33. The Balaban J connectivity index is 1.51. The van der Waals surface area contributed by atoms with E-state index in [1.165, 1.54) is 4.31 Å². The number of rotatable bonds is 3. The quantitative estimate of drug-likeness (QED) is 0.819. The number of nitrogens with zero attached hydrogens (tertiary/aromatic N) is 3. The summed E-state index contributed by atoms with van der Waals surface area (Å²) in [4.78, 5) is 0. The van der Waals surface area contributed by atoms with Crippen molar-refractivity contribution in [3.05, 3.63) is 18.0 Å². The predicted octanol–water partition coefficient (Wildman–Crippen LogP) is -0.427. The molecule has 2 bridgehead atoms. The van der Waals surface area contributed by atoms with E-state index in [2.05, 4.69) is 5.10 Å². The maximum atomic E-state index is 12.7. The van der Waals surface area contributed by atoms with Crippen LogP contribution in [0.15, 0.2) is 12.3 Å². The van der Waals surface area contributed by atoms with Gasteiger partial charge in [-0.3, -0.25) is 4.68 Å². The Morgan fingerprint density at radius 2 is 2.19 bits per heavy atom. The molecule has 0 radical (unpaired) electrons. The lowest BCUT2D eigenvalue weighted by Crippen LogP contribution is -2.63. The smallest absolute Gasteiger partial charge is 0.219 e. The lowest BCUT2D eigenvalue weighted by molar-refractivity contribution is -0.0713. The van der Waals surface area contributed by atoms with Gasteiger partial charge in [-0.2, -0.15) is 9.40 Å². The number of aryl methyl sites for hydroxylation is 1. The molecule has 116 valence electrons. The van der Waals surface area contributed by atoms with E-state index in [0.29, 0.717) is 12.1 Å². The van der Waals surface area contributed by atoms with E-state index in [9.17, 15) is 13.5 Å². The predicted molar refractivity (Wildman–Crippen MR) is 73.9 cm³/mol. The maximum Gasteiger partial charge on any atom is 0.219 e. The van der Waals surface area contributed by atoms with Crippen molar-refractivity contribution in [1.82, 2.24) is 14.1 Å². The van der Waals surface area contributed by atoms with Gasteiger partial charge in [-0.1, -0.05) is 0 Å². The van der Waals surface area contributed by atoms with Crippen LogP contribution in [0, 0.1) is 0 Å². The van der Waals surface area contributed by atoms with E-state index in [4.69, 9.17) is 4.74 Å². The highest BCUT2D eigenvalue weighted by atomic mass is 32.2. The summed E-state index contributed by atoms with van der Waals surface area (Å²) in [6, 6.07) is 1.73. The summed E-state index contributed by atoms with van der Waals surface area (Å²) in [5.74, 6) is 0. The van der Waals surface area contributed by atoms with Gasteiger partial charge in [0, 0.05) is 26.3 Å². The molecule has 3 unspecified atom stereocenters. The lowest BCUT2D eigenvalue weighted by atomic mass is 9.93. The number of fused-ring (bicyclic) bond motifs is 2. The van der Waals surface area contributed by atoms with Crippen LogP contribution in [0.4, 0.5) is 0 Å². The third kappa shape index (κ3) is 1.89. The Kier molecular flexibility index (Phi) is 2.79. The molecule has 4 rings (SSSR count). The highest BCUT2D eigenvalue weighted by molar-refractivity contribution is 7.89. The molecule has 1 aromatic heterocycles. The minimum absolute atomic E-state index is 0.1000. The van der Waals surface area contributed by atoms with Crippen LogP contribution in [0.5, 0.6) is 0 Å². The number of aromatic nitrogens is 2. The average molecular weight is 313 g/mol. The summed E-state index contributed by atoms with van der Waals surface area (Å²) in [5.41, 5.74) is -0.477. The van der Waals surface area contributed by atoms with E-state index >= 15 is 0 Å². The molecule has 0 saturated carbocycles. The monoisotopic (exact) mass is 313 g/mol. The Morgan fingerprint density at radius 1 is 1.43 bits per heavy atom. The molecule has 0 aliphatic carbocycles. The number of hydrogen-bond donors (Lipinski definition) is 1. The number of aliphatic hydroxyl groups is 1. The SMILES string of the molecule is Cn1nccc1C1(O)CN(S(=O)(=O)C2CC3CCC2O3)C1. The highest BCUT2D eigenvalue weighted by Gasteiger charge is 2.55. The van der Waals surface area contributed by atoms with E-state index in [1.54, 1.807) is 24.0 Å². The van der Waals surface area contributed by atoms with Crippen molar-refractivity contribution in [3.8, 4) is 0 Å². The maximum absolute atomic E-state index is 12.7. The minimum Gasteiger partial charge on any atom is -0.381 e. The molecule has 3 atom stereocenters. The summed E-state index contributed by atoms with van der Waals surface area (Å²) in [7, 11) is -1.64. The summed E-state index contributed by atoms with van der Waals surface area (Å²) in [6.07, 6.45) is 3.93. The van der Waals surface area contributed by atoms with Crippen LogP contribution in [0.25, 0.3) is 0 Å². The second kappa shape index (κ2) is 4.28. The zero-order chi connectivity index (χ0) is 14.8. The topological polar surface area (TPSA) is 84.7 Å². The molecule has 3 aliphatic heterocycles. The van der Waals surface area contributed by atoms with Gasteiger partial charge in [0.2, 0.25) is 10.0 Å². The van der Waals surface area contributed by atoms with E-state index in [1.807, 2.05) is 0 Å². The van der Waals surface area contributed by atoms with E-state index in [-0.39, 0.29) is 25.3 Å². The normalized spacial score (nSPS) is 35.0. The first-order valence-electron chi connectivity index (χ1n) is 7.25. The Bertz CT molecular complexity index is 665. The van der Waals surface area contributed by atoms with Crippen LogP contribution in [0.3, 0.4) is 0 Å². The Hall–Kier alpha value is -0.960. The van der Waals surface area contributed by atoms with Crippen molar-refractivity contribution < 1.29 is 18.3 Å². The fourth-order valence-corrected chi connectivity index (χ4v) is 6.02. The number of β-amino-alcohol motifs (C(OH)–C–C–N with tert-alkyl or cyclic N) is 1. The van der Waals surface area contributed by atoms with Crippen molar-refractivity contribution in [2.45, 2.75) is 42.3 Å². The highest BCUT2D eigenvalue weighted by Crippen LogP contribution is 2.42. The van der Waals surface area contributed by atoms with Crippen LogP contribution >= 0.6 is 0 Å². The summed E-state index contributed by atoms with van der Waals surface area (Å²) < 4.78 is 33.9. The van der Waals surface area contributed by atoms with Crippen molar-refractivity contribution >= 4 is 10.0 Å². The molecule has 4 heterocycles. The van der Waals surface area contributed by atoms with Gasteiger partial charge >= 0.3 is 0 Å². The molecule has 3 aliphatic rings. The van der Waals surface area contributed by atoms with Gasteiger partial charge in [0.25, 0.3) is 0 Å². The van der Waals surface area contributed by atoms with Gasteiger partial charge in [0.15, 0.2) is 0 Å². The fraction of sp³-hybridized carbons (Fsp3) is 0.769. The van der Waals surface area contributed by atoms with Crippen LogP contribution in [0.2, 0.25) is 0 Å². The average Bonchev–Trinajstić information content (AvgIpc) is 3.10. The molecule has 3 saturated heterocycles. The zero-order valence-corrected chi connectivity index (χ0v) is 12.7. The first-order valence-corrected chi connectivity index (χ1v) is 8.76. The van der Waals surface area contributed by atoms with Crippen LogP contribution in [0.1, 0.15) is 25.0 Å². The molecule has 0 spiro atoms. The number of sulfonamides is 1. The van der Waals surface area contributed by atoms with Crippen molar-refractivity contribution in [2.24, 2.45) is 7.05 Å². The Labute approximate surface area is 123 Å². The summed E-state index contributed by atoms with van der Waals surface area (Å²) in [5, 5.41) is 14.2. The van der Waals surface area contributed by atoms with Gasteiger partial charge < -0.3 is 9.84 Å². The van der Waals surface area contributed by atoms with Gasteiger partial charge in [0.05, 0.1) is 17.9 Å². The van der Waals surface area contributed by atoms with E-state index in [0.717, 1.165) is 12.8 Å². The van der Waals surface area contributed by atoms with Crippen molar-refractivity contribution in [2.75, 3.05) is 13.1 Å². The molecule has 8 heteroatoms. The minimum atomic E-state index is -3.39. The zero-order valence-electron chi connectivity index (χ0n) is 11.8. The van der Waals surface area contributed by atoms with Gasteiger partial charge in [0.1, 0.15) is 10.9 Å². The second-order valence-corrected chi connectivity index (χ2v) is 8.48. The van der Waals surface area contributed by atoms with Gasteiger partial charge in [-0.05, 0) is 25.3 Å². The van der Waals surface area contributed by atoms with E-state index < -0.39 is 20.9 Å². The molecule has 0 amide bonds. The summed E-state index contributed by atoms with van der Waals surface area (Å²) in [6.45, 7) is 0.200. The van der Waals surface area contributed by atoms with Gasteiger partial charge in [-0.15, -0.1) is 0 Å². The molecule has 1 aromatic rings. The third-order valence-electron chi connectivity index (χ3n) is 4.97. The summed E-state index contributed by atoms with van der Waals surface area (Å²) >= 11 is 0. The van der Waals surface area contributed by atoms with Crippen LogP contribution in [-0.2, 0) is 27.4 Å². The fourth-order valence-electron chi connectivity index (χ4n) is 3.81. The molecule has 7 nitrogen and oxygen atoms in total. The third-order valence-corrected chi connectivity index (χ3v) is 7.21. The first kappa shape index (κ1) is 13.7. The number of hydrogen-bond acceptors (Lipinski definition) is 5.